The van der Waals surface area contributed by atoms with Crippen molar-refractivity contribution in [2.24, 2.45) is 11.3 Å². The summed E-state index contributed by atoms with van der Waals surface area (Å²) in [5.41, 5.74) is 0.393. The predicted octanol–water partition coefficient (Wildman–Crippen LogP) is 5.85. The normalized spacial score (nSPS) is 22.6. The summed E-state index contributed by atoms with van der Waals surface area (Å²) in [7, 11) is 0. The zero-order valence-corrected chi connectivity index (χ0v) is 19.8. The lowest BCUT2D eigenvalue weighted by Crippen LogP contribution is -2.55. The Hall–Kier alpha value is -1.06. The van der Waals surface area contributed by atoms with Gasteiger partial charge in [0.25, 0.3) is 0 Å². The second kappa shape index (κ2) is 8.98. The van der Waals surface area contributed by atoms with Crippen LogP contribution in [0.25, 0.3) is 0 Å². The molecule has 2 fully saturated rings. The van der Waals surface area contributed by atoms with E-state index in [1.165, 1.54) is 38.9 Å². The summed E-state index contributed by atoms with van der Waals surface area (Å²) in [6, 6.07) is 10.4. The van der Waals surface area contributed by atoms with Gasteiger partial charge in [-0.1, -0.05) is 39.0 Å². The van der Waals surface area contributed by atoms with Gasteiger partial charge < -0.3 is 9.64 Å². The summed E-state index contributed by atoms with van der Waals surface area (Å²) in [5.74, 6) is 1.92. The molecule has 2 aliphatic heterocycles. The first-order valence-corrected chi connectivity index (χ1v) is 11.8. The van der Waals surface area contributed by atoms with Crippen molar-refractivity contribution < 1.29 is 4.74 Å². The number of hydrogen-bond donors (Lipinski definition) is 0. The lowest BCUT2D eigenvalue weighted by Gasteiger charge is -2.49. The highest BCUT2D eigenvalue weighted by Crippen LogP contribution is 2.42. The van der Waals surface area contributed by atoms with E-state index in [0.29, 0.717) is 5.54 Å². The first kappa shape index (κ1) is 22.6. The van der Waals surface area contributed by atoms with Crippen LogP contribution >= 0.6 is 0 Å². The van der Waals surface area contributed by atoms with E-state index >= 15 is 0 Å². The van der Waals surface area contributed by atoms with Gasteiger partial charge in [0.1, 0.15) is 11.4 Å². The van der Waals surface area contributed by atoms with E-state index in [0.717, 1.165) is 37.6 Å². The molecule has 0 atom stereocenters. The monoisotopic (exact) mass is 400 g/mol. The predicted molar refractivity (Wildman–Crippen MR) is 124 cm³/mol. The largest absolute Gasteiger partial charge is 0.487 e. The quantitative estimate of drug-likeness (QED) is 0.617. The summed E-state index contributed by atoms with van der Waals surface area (Å²) >= 11 is 0. The number of ether oxygens (including phenoxy) is 1. The third-order valence-electron chi connectivity index (χ3n) is 7.50. The molecule has 3 rings (SSSR count). The Bertz CT molecular complexity index is 612. The van der Waals surface area contributed by atoms with E-state index in [9.17, 15) is 0 Å². The molecule has 0 aromatic heterocycles. The second-order valence-electron chi connectivity index (χ2n) is 11.4. The molecule has 0 saturated carbocycles. The molecule has 2 aliphatic rings. The number of piperidine rings is 2. The van der Waals surface area contributed by atoms with Crippen LogP contribution in [0.1, 0.15) is 73.6 Å². The molecule has 0 bridgehead atoms. The molecule has 164 valence electrons. The van der Waals surface area contributed by atoms with Crippen molar-refractivity contribution in [3.63, 3.8) is 0 Å². The molecule has 0 unspecified atom stereocenters. The topological polar surface area (TPSA) is 15.7 Å². The van der Waals surface area contributed by atoms with Crippen LogP contribution in [0, 0.1) is 11.3 Å². The fourth-order valence-electron chi connectivity index (χ4n) is 5.11. The van der Waals surface area contributed by atoms with Crippen molar-refractivity contribution in [1.29, 1.82) is 0 Å². The van der Waals surface area contributed by atoms with E-state index in [4.69, 9.17) is 4.74 Å². The van der Waals surface area contributed by atoms with Crippen LogP contribution in [0.4, 0.5) is 0 Å². The molecule has 0 amide bonds. The molecule has 1 aromatic carbocycles. The molecule has 0 N–H and O–H groups in total. The van der Waals surface area contributed by atoms with Gasteiger partial charge in [-0.05, 0) is 77.7 Å². The minimum Gasteiger partial charge on any atom is -0.487 e. The summed E-state index contributed by atoms with van der Waals surface area (Å²) < 4.78 is 6.66. The van der Waals surface area contributed by atoms with Gasteiger partial charge in [0, 0.05) is 36.9 Å². The van der Waals surface area contributed by atoms with Gasteiger partial charge in [-0.15, -0.1) is 0 Å². The first-order chi connectivity index (χ1) is 13.6. The van der Waals surface area contributed by atoms with Crippen LogP contribution < -0.4 is 4.74 Å². The number of benzene rings is 1. The van der Waals surface area contributed by atoms with Crippen LogP contribution in [0.2, 0.25) is 0 Å². The van der Waals surface area contributed by atoms with Crippen LogP contribution in [0.3, 0.4) is 0 Å². The molecule has 1 aromatic rings. The molecular weight excluding hydrogens is 356 g/mol. The Morgan fingerprint density at radius 1 is 0.897 bits per heavy atom. The Morgan fingerprint density at radius 3 is 2.00 bits per heavy atom. The van der Waals surface area contributed by atoms with Gasteiger partial charge in [0.15, 0.2) is 0 Å². The van der Waals surface area contributed by atoms with E-state index < -0.39 is 0 Å². The molecule has 0 aliphatic carbocycles. The summed E-state index contributed by atoms with van der Waals surface area (Å²) in [4.78, 5) is 5.34. The highest BCUT2D eigenvalue weighted by atomic mass is 16.5. The maximum Gasteiger partial charge on any atom is 0.120 e. The van der Waals surface area contributed by atoms with Crippen molar-refractivity contribution >= 4 is 0 Å². The summed E-state index contributed by atoms with van der Waals surface area (Å²) in [6.07, 6.45) is 6.34. The van der Waals surface area contributed by atoms with Crippen molar-refractivity contribution in [3.05, 3.63) is 30.3 Å². The molecule has 3 nitrogen and oxygen atoms in total. The van der Waals surface area contributed by atoms with Gasteiger partial charge >= 0.3 is 0 Å². The second-order valence-corrected chi connectivity index (χ2v) is 11.4. The van der Waals surface area contributed by atoms with E-state index in [-0.39, 0.29) is 11.0 Å². The van der Waals surface area contributed by atoms with E-state index in [1.807, 2.05) is 0 Å². The summed E-state index contributed by atoms with van der Waals surface area (Å²) in [6.45, 7) is 20.2. The van der Waals surface area contributed by atoms with Crippen molar-refractivity contribution in [3.8, 4) is 5.75 Å². The highest BCUT2D eigenvalue weighted by molar-refractivity contribution is 5.23. The molecular formula is C26H44N2O. The summed E-state index contributed by atoms with van der Waals surface area (Å²) in [5, 5.41) is 0. The maximum atomic E-state index is 6.66. The van der Waals surface area contributed by atoms with Crippen LogP contribution in [0.15, 0.2) is 30.3 Å². The van der Waals surface area contributed by atoms with E-state index in [1.54, 1.807) is 0 Å². The number of para-hydroxylation sites is 1. The van der Waals surface area contributed by atoms with Gasteiger partial charge in [-0.3, -0.25) is 4.90 Å². The van der Waals surface area contributed by atoms with Crippen LogP contribution in [0.5, 0.6) is 5.75 Å². The fourth-order valence-corrected chi connectivity index (χ4v) is 5.11. The Labute approximate surface area is 179 Å². The van der Waals surface area contributed by atoms with Gasteiger partial charge in [-0.2, -0.15) is 0 Å². The van der Waals surface area contributed by atoms with Gasteiger partial charge in [0.05, 0.1) is 0 Å². The van der Waals surface area contributed by atoms with Crippen molar-refractivity contribution in [2.75, 3.05) is 32.7 Å². The van der Waals surface area contributed by atoms with Crippen molar-refractivity contribution in [2.45, 2.75) is 84.8 Å². The number of likely N-dealkylation sites (tertiary alicyclic amines) is 2. The zero-order valence-electron chi connectivity index (χ0n) is 19.8. The third-order valence-corrected chi connectivity index (χ3v) is 7.50. The lowest BCUT2D eigenvalue weighted by molar-refractivity contribution is -0.0784. The molecule has 29 heavy (non-hydrogen) atoms. The fraction of sp³-hybridized carbons (Fsp3) is 0.769. The van der Waals surface area contributed by atoms with Crippen molar-refractivity contribution in [1.82, 2.24) is 9.80 Å². The maximum absolute atomic E-state index is 6.66. The highest BCUT2D eigenvalue weighted by Gasteiger charge is 2.46. The van der Waals surface area contributed by atoms with Crippen LogP contribution in [-0.2, 0) is 0 Å². The zero-order chi connectivity index (χ0) is 21.1. The number of nitrogens with zero attached hydrogens (tertiary/aromatic N) is 2. The number of rotatable bonds is 5. The SMILES string of the molecule is CC(C)(C)N1CCC(CCN2CCC(Oc3ccccc3)(C(C)(C)C)CC2)CC1. The smallest absolute Gasteiger partial charge is 0.120 e. The molecule has 2 saturated heterocycles. The third kappa shape index (κ3) is 5.76. The van der Waals surface area contributed by atoms with Gasteiger partial charge in [-0.25, -0.2) is 0 Å². The average molecular weight is 401 g/mol. The average Bonchev–Trinajstić information content (AvgIpc) is 2.67. The van der Waals surface area contributed by atoms with Gasteiger partial charge in [0.2, 0.25) is 0 Å². The lowest BCUT2D eigenvalue weighted by atomic mass is 9.70. The minimum atomic E-state index is -0.0666. The molecule has 0 radical (unpaired) electrons. The Kier molecular flexibility index (Phi) is 7.00. The Morgan fingerprint density at radius 2 is 1.48 bits per heavy atom. The molecule has 3 heteroatoms. The van der Waals surface area contributed by atoms with E-state index in [2.05, 4.69) is 81.7 Å². The van der Waals surface area contributed by atoms with Crippen LogP contribution in [-0.4, -0.2) is 53.7 Å². The minimum absolute atomic E-state index is 0.0666. The molecule has 2 heterocycles. The number of hydrogen-bond acceptors (Lipinski definition) is 3. The Balaban J connectivity index is 1.49. The standard InChI is InChI=1S/C26H44N2O/c1-24(2,3)26(29-23-10-8-7-9-11-23)15-20-27(21-16-26)17-12-22-13-18-28(19-14-22)25(4,5)6/h7-11,22H,12-21H2,1-6H3. The first-order valence-electron chi connectivity index (χ1n) is 11.8. The molecule has 0 spiro atoms.